The lowest BCUT2D eigenvalue weighted by Crippen LogP contribution is -2.28. The van der Waals surface area contributed by atoms with Crippen LogP contribution in [0.25, 0.3) is 0 Å². The lowest BCUT2D eigenvalue weighted by Gasteiger charge is -2.25. The third kappa shape index (κ3) is 2.79. The molecule has 17 heavy (non-hydrogen) atoms. The Morgan fingerprint density at radius 3 is 2.41 bits per heavy atom. The smallest absolute Gasteiger partial charge is 0.0361 e. The van der Waals surface area contributed by atoms with Crippen LogP contribution in [0.4, 0.5) is 5.69 Å². The molecule has 0 spiro atoms. The average molecular weight is 233 g/mol. The Bertz CT molecular complexity index is 358. The topological polar surface area (TPSA) is 32.5 Å². The summed E-state index contributed by atoms with van der Waals surface area (Å²) >= 11 is 0. The van der Waals surface area contributed by atoms with Gasteiger partial charge in [-0.2, -0.15) is 0 Å². The maximum atomic E-state index is 5.96. The summed E-state index contributed by atoms with van der Waals surface area (Å²) in [5.74, 6) is 0. The van der Waals surface area contributed by atoms with Crippen molar-refractivity contribution in [2.45, 2.75) is 25.4 Å². The van der Waals surface area contributed by atoms with Crippen molar-refractivity contribution in [3.05, 3.63) is 29.8 Å². The van der Waals surface area contributed by atoms with E-state index in [0.717, 1.165) is 19.5 Å². The molecule has 0 saturated carbocycles. The van der Waals surface area contributed by atoms with Crippen LogP contribution >= 0.6 is 0 Å². The van der Waals surface area contributed by atoms with Gasteiger partial charge in [-0.1, -0.05) is 12.1 Å². The highest BCUT2D eigenvalue weighted by atomic mass is 15.2. The first-order valence-electron chi connectivity index (χ1n) is 6.35. The van der Waals surface area contributed by atoms with Gasteiger partial charge in [-0.05, 0) is 31.0 Å². The quantitative estimate of drug-likeness (QED) is 0.864. The molecule has 0 radical (unpaired) electrons. The van der Waals surface area contributed by atoms with E-state index in [1.54, 1.807) is 0 Å². The SMILES string of the molecule is CC(c1ccc(N(C)C)cc1)N1CCC(N)C1. The zero-order valence-corrected chi connectivity index (χ0v) is 11.1. The van der Waals surface area contributed by atoms with Crippen molar-refractivity contribution in [1.82, 2.24) is 4.90 Å². The van der Waals surface area contributed by atoms with Gasteiger partial charge < -0.3 is 10.6 Å². The molecule has 2 rings (SSSR count). The molecular weight excluding hydrogens is 210 g/mol. The Balaban J connectivity index is 2.06. The van der Waals surface area contributed by atoms with Crippen molar-refractivity contribution < 1.29 is 0 Å². The fraction of sp³-hybridized carbons (Fsp3) is 0.571. The Morgan fingerprint density at radius 1 is 1.29 bits per heavy atom. The van der Waals surface area contributed by atoms with E-state index in [4.69, 9.17) is 5.73 Å². The monoisotopic (exact) mass is 233 g/mol. The molecule has 1 aromatic rings. The maximum Gasteiger partial charge on any atom is 0.0361 e. The molecule has 1 aromatic carbocycles. The van der Waals surface area contributed by atoms with Crippen LogP contribution in [0.2, 0.25) is 0 Å². The van der Waals surface area contributed by atoms with Gasteiger partial charge in [0.15, 0.2) is 0 Å². The first-order chi connectivity index (χ1) is 8.08. The van der Waals surface area contributed by atoms with Crippen molar-refractivity contribution in [3.8, 4) is 0 Å². The van der Waals surface area contributed by atoms with Crippen LogP contribution in [0.1, 0.15) is 24.9 Å². The molecule has 2 N–H and O–H groups in total. The summed E-state index contributed by atoms with van der Waals surface area (Å²) < 4.78 is 0. The van der Waals surface area contributed by atoms with Gasteiger partial charge in [0.1, 0.15) is 0 Å². The molecule has 2 unspecified atom stereocenters. The molecule has 1 heterocycles. The van der Waals surface area contributed by atoms with Crippen molar-refractivity contribution in [1.29, 1.82) is 0 Å². The van der Waals surface area contributed by atoms with Gasteiger partial charge in [0.2, 0.25) is 0 Å². The van der Waals surface area contributed by atoms with Crippen LogP contribution < -0.4 is 10.6 Å². The van der Waals surface area contributed by atoms with Gasteiger partial charge in [-0.3, -0.25) is 4.90 Å². The highest BCUT2D eigenvalue weighted by Crippen LogP contribution is 2.25. The van der Waals surface area contributed by atoms with Crippen molar-refractivity contribution in [2.75, 3.05) is 32.1 Å². The number of rotatable bonds is 3. The third-order valence-electron chi connectivity index (χ3n) is 3.70. The van der Waals surface area contributed by atoms with Crippen LogP contribution in [0, 0.1) is 0 Å². The summed E-state index contributed by atoms with van der Waals surface area (Å²) in [4.78, 5) is 4.59. The summed E-state index contributed by atoms with van der Waals surface area (Å²) in [5, 5.41) is 0. The molecular formula is C14H23N3. The molecule has 0 bridgehead atoms. The van der Waals surface area contributed by atoms with Crippen molar-refractivity contribution >= 4 is 5.69 Å². The van der Waals surface area contributed by atoms with Crippen LogP contribution in [0.15, 0.2) is 24.3 Å². The van der Waals surface area contributed by atoms with E-state index in [0.29, 0.717) is 12.1 Å². The highest BCUT2D eigenvalue weighted by molar-refractivity contribution is 5.46. The number of likely N-dealkylation sites (tertiary alicyclic amines) is 1. The Kier molecular flexibility index (Phi) is 3.69. The number of nitrogens with two attached hydrogens (primary N) is 1. The number of nitrogens with zero attached hydrogens (tertiary/aromatic N) is 2. The maximum absolute atomic E-state index is 5.96. The van der Waals surface area contributed by atoms with Gasteiger partial charge in [-0.15, -0.1) is 0 Å². The van der Waals surface area contributed by atoms with E-state index in [1.165, 1.54) is 11.3 Å². The van der Waals surface area contributed by atoms with Gasteiger partial charge >= 0.3 is 0 Å². The number of hydrogen-bond donors (Lipinski definition) is 1. The van der Waals surface area contributed by atoms with Gasteiger partial charge in [0.25, 0.3) is 0 Å². The van der Waals surface area contributed by atoms with Gasteiger partial charge in [-0.25, -0.2) is 0 Å². The Morgan fingerprint density at radius 2 is 1.94 bits per heavy atom. The fourth-order valence-corrected chi connectivity index (χ4v) is 2.43. The molecule has 1 saturated heterocycles. The molecule has 0 aliphatic carbocycles. The van der Waals surface area contributed by atoms with Crippen LogP contribution in [-0.4, -0.2) is 38.1 Å². The van der Waals surface area contributed by atoms with Gasteiger partial charge in [0, 0.05) is 45.0 Å². The molecule has 1 aliphatic heterocycles. The summed E-state index contributed by atoms with van der Waals surface area (Å²) in [6, 6.07) is 9.65. The van der Waals surface area contributed by atoms with E-state index in [-0.39, 0.29) is 0 Å². The van der Waals surface area contributed by atoms with E-state index in [2.05, 4.69) is 55.1 Å². The zero-order valence-electron chi connectivity index (χ0n) is 11.1. The summed E-state index contributed by atoms with van der Waals surface area (Å²) in [5.41, 5.74) is 8.59. The molecule has 94 valence electrons. The van der Waals surface area contributed by atoms with Crippen molar-refractivity contribution in [3.63, 3.8) is 0 Å². The second kappa shape index (κ2) is 5.07. The number of anilines is 1. The fourth-order valence-electron chi connectivity index (χ4n) is 2.43. The minimum Gasteiger partial charge on any atom is -0.378 e. The second-order valence-corrected chi connectivity index (χ2v) is 5.21. The lowest BCUT2D eigenvalue weighted by atomic mass is 10.1. The molecule has 0 aromatic heterocycles. The highest BCUT2D eigenvalue weighted by Gasteiger charge is 2.24. The third-order valence-corrected chi connectivity index (χ3v) is 3.70. The zero-order chi connectivity index (χ0) is 12.4. The minimum atomic E-state index is 0.360. The van der Waals surface area contributed by atoms with E-state index >= 15 is 0 Å². The van der Waals surface area contributed by atoms with E-state index in [9.17, 15) is 0 Å². The molecule has 1 aliphatic rings. The largest absolute Gasteiger partial charge is 0.378 e. The number of hydrogen-bond acceptors (Lipinski definition) is 3. The Hall–Kier alpha value is -1.06. The standard InChI is InChI=1S/C14H23N3/c1-11(17-9-8-13(15)10-17)12-4-6-14(7-5-12)16(2)3/h4-7,11,13H,8-10,15H2,1-3H3. The summed E-state index contributed by atoms with van der Waals surface area (Å²) in [6.45, 7) is 4.41. The average Bonchev–Trinajstić information content (AvgIpc) is 2.75. The van der Waals surface area contributed by atoms with E-state index in [1.807, 2.05) is 0 Å². The molecule has 3 heteroatoms. The molecule has 3 nitrogen and oxygen atoms in total. The first-order valence-corrected chi connectivity index (χ1v) is 6.35. The predicted molar refractivity (Wildman–Crippen MR) is 73.3 cm³/mol. The first kappa shape index (κ1) is 12.4. The molecule has 1 fully saturated rings. The van der Waals surface area contributed by atoms with Gasteiger partial charge in [0.05, 0.1) is 0 Å². The van der Waals surface area contributed by atoms with E-state index < -0.39 is 0 Å². The minimum absolute atomic E-state index is 0.360. The summed E-state index contributed by atoms with van der Waals surface area (Å²) in [6.07, 6.45) is 1.13. The van der Waals surface area contributed by atoms with Crippen LogP contribution in [0.3, 0.4) is 0 Å². The second-order valence-electron chi connectivity index (χ2n) is 5.21. The molecule has 0 amide bonds. The van der Waals surface area contributed by atoms with Crippen molar-refractivity contribution in [2.24, 2.45) is 5.73 Å². The summed E-state index contributed by atoms with van der Waals surface area (Å²) in [7, 11) is 4.13. The number of benzene rings is 1. The van der Waals surface area contributed by atoms with Crippen LogP contribution in [-0.2, 0) is 0 Å². The molecule has 2 atom stereocenters. The van der Waals surface area contributed by atoms with Crippen LogP contribution in [0.5, 0.6) is 0 Å². The lowest BCUT2D eigenvalue weighted by molar-refractivity contribution is 0.260. The normalized spacial score (nSPS) is 22.7. The Labute approximate surface area is 104 Å². The predicted octanol–water partition coefficient (Wildman–Crippen LogP) is 1.85.